The van der Waals surface area contributed by atoms with Crippen molar-refractivity contribution >= 4 is 23.2 Å². The average Bonchev–Trinajstić information content (AvgIpc) is 2.87. The van der Waals surface area contributed by atoms with Gasteiger partial charge in [0.25, 0.3) is 0 Å². The molecule has 2 aromatic carbocycles. The molecule has 1 aliphatic rings. The first kappa shape index (κ1) is 14.1. The van der Waals surface area contributed by atoms with E-state index in [4.69, 9.17) is 17.3 Å². The second kappa shape index (κ2) is 5.88. The Hall–Kier alpha value is -1.84. The number of hydrogen-bond donors (Lipinski definition) is 2. The maximum absolute atomic E-state index is 11.4. The number of halogens is 1. The summed E-state index contributed by atoms with van der Waals surface area (Å²) in [4.78, 5) is 11.4. The molecule has 0 fully saturated rings. The molecule has 0 aromatic heterocycles. The van der Waals surface area contributed by atoms with Gasteiger partial charge in [0, 0.05) is 6.04 Å². The summed E-state index contributed by atoms with van der Waals surface area (Å²) in [5, 5.41) is 3.35. The number of aryl methyl sites for hydroxylation is 1. The summed E-state index contributed by atoms with van der Waals surface area (Å²) in [5.74, 6) is -0.0121. The summed E-state index contributed by atoms with van der Waals surface area (Å²) in [6.07, 6.45) is 2.16. The first-order valence-corrected chi connectivity index (χ1v) is 7.43. The number of nitrogens with two attached hydrogens (primary N) is 1. The third-order valence-electron chi connectivity index (χ3n) is 3.82. The van der Waals surface area contributed by atoms with Crippen LogP contribution in [0.3, 0.4) is 0 Å². The molecule has 1 unspecified atom stereocenters. The molecule has 1 aliphatic heterocycles. The lowest BCUT2D eigenvalue weighted by Crippen LogP contribution is -2.11. The molecule has 1 heterocycles. The zero-order valence-electron chi connectivity index (χ0n) is 11.6. The number of amides is 1. The normalized spacial score (nSPS) is 14.7. The van der Waals surface area contributed by atoms with E-state index in [1.165, 1.54) is 5.56 Å². The first-order chi connectivity index (χ1) is 10.1. The van der Waals surface area contributed by atoms with E-state index in [-0.39, 0.29) is 11.9 Å². The van der Waals surface area contributed by atoms with Crippen molar-refractivity contribution in [2.45, 2.75) is 25.3 Å². The van der Waals surface area contributed by atoms with Crippen LogP contribution < -0.4 is 11.1 Å². The highest BCUT2D eigenvalue weighted by Gasteiger charge is 2.22. The number of carbonyl (C=O) groups is 1. The molecular formula is C17H17ClN2O. The zero-order valence-corrected chi connectivity index (χ0v) is 12.4. The Morgan fingerprint density at radius 3 is 2.76 bits per heavy atom. The van der Waals surface area contributed by atoms with E-state index in [1.807, 2.05) is 30.3 Å². The maximum Gasteiger partial charge on any atom is 0.228 e. The molecule has 3 rings (SSSR count). The number of nitrogens with one attached hydrogen (secondary N) is 1. The molecule has 4 heteroatoms. The monoisotopic (exact) mass is 300 g/mol. The van der Waals surface area contributed by atoms with Gasteiger partial charge in [-0.15, -0.1) is 0 Å². The molecule has 3 N–H and O–H groups in total. The van der Waals surface area contributed by atoms with Gasteiger partial charge in [-0.05, 0) is 35.6 Å². The van der Waals surface area contributed by atoms with Gasteiger partial charge in [-0.2, -0.15) is 0 Å². The summed E-state index contributed by atoms with van der Waals surface area (Å²) in [6.45, 7) is 0. The number of hydrogen-bond acceptors (Lipinski definition) is 2. The standard InChI is InChI=1S/C17H17ClN2O/c18-14-9-12(8-13-10-16(21)20-17(13)14)15(19)7-6-11-4-2-1-3-5-11/h1-5,8-9,15H,6-7,10,19H2,(H,20,21). The molecule has 1 amide bonds. The van der Waals surface area contributed by atoms with E-state index < -0.39 is 0 Å². The van der Waals surface area contributed by atoms with Crippen LogP contribution in [0.2, 0.25) is 5.02 Å². The highest BCUT2D eigenvalue weighted by Crippen LogP contribution is 2.34. The minimum atomic E-state index is -0.0799. The van der Waals surface area contributed by atoms with Crippen LogP contribution in [0.5, 0.6) is 0 Å². The van der Waals surface area contributed by atoms with Crippen LogP contribution in [0.15, 0.2) is 42.5 Å². The molecule has 108 valence electrons. The van der Waals surface area contributed by atoms with Crippen LogP contribution in [0.4, 0.5) is 5.69 Å². The molecule has 21 heavy (non-hydrogen) atoms. The topological polar surface area (TPSA) is 55.1 Å². The second-order valence-electron chi connectivity index (χ2n) is 5.39. The summed E-state index contributed by atoms with van der Waals surface area (Å²) in [7, 11) is 0. The van der Waals surface area contributed by atoms with Crippen LogP contribution in [0.25, 0.3) is 0 Å². The summed E-state index contributed by atoms with van der Waals surface area (Å²) in [5.41, 5.74) is 10.2. The van der Waals surface area contributed by atoms with Gasteiger partial charge in [0.05, 0.1) is 17.1 Å². The predicted octanol–water partition coefficient (Wildman–Crippen LogP) is 3.47. The highest BCUT2D eigenvalue weighted by atomic mass is 35.5. The van der Waals surface area contributed by atoms with E-state index >= 15 is 0 Å². The summed E-state index contributed by atoms with van der Waals surface area (Å²) >= 11 is 6.23. The SMILES string of the molecule is NC(CCc1ccccc1)c1cc(Cl)c2c(c1)CC(=O)N2. The van der Waals surface area contributed by atoms with E-state index in [0.29, 0.717) is 11.4 Å². The van der Waals surface area contributed by atoms with E-state index in [0.717, 1.165) is 29.7 Å². The Morgan fingerprint density at radius 1 is 1.24 bits per heavy atom. The van der Waals surface area contributed by atoms with Crippen LogP contribution in [-0.4, -0.2) is 5.91 Å². The summed E-state index contributed by atoms with van der Waals surface area (Å²) < 4.78 is 0. The van der Waals surface area contributed by atoms with Crippen molar-refractivity contribution in [2.24, 2.45) is 5.73 Å². The van der Waals surface area contributed by atoms with Gasteiger partial charge in [-0.3, -0.25) is 4.79 Å². The van der Waals surface area contributed by atoms with Crippen molar-refractivity contribution in [3.05, 3.63) is 64.2 Å². The number of benzene rings is 2. The third-order valence-corrected chi connectivity index (χ3v) is 4.12. The van der Waals surface area contributed by atoms with Gasteiger partial charge in [-0.1, -0.05) is 48.0 Å². The maximum atomic E-state index is 11.4. The fraction of sp³-hybridized carbons (Fsp3) is 0.235. The van der Waals surface area contributed by atoms with Crippen molar-refractivity contribution in [3.8, 4) is 0 Å². The number of anilines is 1. The Morgan fingerprint density at radius 2 is 2.00 bits per heavy atom. The van der Waals surface area contributed by atoms with E-state index in [9.17, 15) is 4.79 Å². The van der Waals surface area contributed by atoms with Gasteiger partial charge in [-0.25, -0.2) is 0 Å². The predicted molar refractivity (Wildman–Crippen MR) is 85.5 cm³/mol. The number of rotatable bonds is 4. The number of carbonyl (C=O) groups excluding carboxylic acids is 1. The van der Waals surface area contributed by atoms with Gasteiger partial charge >= 0.3 is 0 Å². The van der Waals surface area contributed by atoms with Crippen LogP contribution in [0, 0.1) is 0 Å². The molecule has 0 saturated carbocycles. The lowest BCUT2D eigenvalue weighted by molar-refractivity contribution is -0.115. The smallest absolute Gasteiger partial charge is 0.228 e. The molecule has 3 nitrogen and oxygen atoms in total. The number of fused-ring (bicyclic) bond motifs is 1. The quantitative estimate of drug-likeness (QED) is 0.908. The van der Waals surface area contributed by atoms with E-state index in [2.05, 4.69) is 17.4 Å². The van der Waals surface area contributed by atoms with Crippen LogP contribution in [-0.2, 0) is 17.6 Å². The van der Waals surface area contributed by atoms with Gasteiger partial charge in [0.15, 0.2) is 0 Å². The van der Waals surface area contributed by atoms with Crippen molar-refractivity contribution in [1.82, 2.24) is 0 Å². The van der Waals surface area contributed by atoms with Crippen molar-refractivity contribution < 1.29 is 4.79 Å². The van der Waals surface area contributed by atoms with Crippen molar-refractivity contribution in [2.75, 3.05) is 5.32 Å². The Labute approximate surface area is 129 Å². The Balaban J connectivity index is 1.73. The minimum Gasteiger partial charge on any atom is -0.324 e. The van der Waals surface area contributed by atoms with Gasteiger partial charge in [0.2, 0.25) is 5.91 Å². The molecular weight excluding hydrogens is 284 g/mol. The fourth-order valence-electron chi connectivity index (χ4n) is 2.67. The highest BCUT2D eigenvalue weighted by molar-refractivity contribution is 6.34. The lowest BCUT2D eigenvalue weighted by Gasteiger charge is -2.14. The largest absolute Gasteiger partial charge is 0.324 e. The molecule has 1 atom stereocenters. The van der Waals surface area contributed by atoms with Gasteiger partial charge in [0.1, 0.15) is 0 Å². The van der Waals surface area contributed by atoms with Crippen LogP contribution >= 0.6 is 11.6 Å². The second-order valence-corrected chi connectivity index (χ2v) is 5.80. The Kier molecular flexibility index (Phi) is 3.95. The third kappa shape index (κ3) is 3.09. The van der Waals surface area contributed by atoms with Crippen molar-refractivity contribution in [1.29, 1.82) is 0 Å². The molecule has 0 radical (unpaired) electrons. The van der Waals surface area contributed by atoms with Crippen LogP contribution in [0.1, 0.15) is 29.2 Å². The molecule has 0 aliphatic carbocycles. The minimum absolute atomic E-state index is 0.0121. The van der Waals surface area contributed by atoms with E-state index in [1.54, 1.807) is 0 Å². The zero-order chi connectivity index (χ0) is 14.8. The lowest BCUT2D eigenvalue weighted by atomic mass is 9.97. The molecule has 0 spiro atoms. The fourth-order valence-corrected chi connectivity index (χ4v) is 2.97. The molecule has 0 saturated heterocycles. The van der Waals surface area contributed by atoms with Crippen molar-refractivity contribution in [3.63, 3.8) is 0 Å². The molecule has 0 bridgehead atoms. The molecule has 2 aromatic rings. The Bertz CT molecular complexity index is 670. The summed E-state index contributed by atoms with van der Waals surface area (Å²) in [6, 6.07) is 14.1. The average molecular weight is 301 g/mol. The van der Waals surface area contributed by atoms with Gasteiger partial charge < -0.3 is 11.1 Å². The first-order valence-electron chi connectivity index (χ1n) is 7.05.